The lowest BCUT2D eigenvalue weighted by Gasteiger charge is -2.33. The molecule has 2 fully saturated rings. The van der Waals surface area contributed by atoms with Gasteiger partial charge in [-0.15, -0.1) is 0 Å². The van der Waals surface area contributed by atoms with Crippen LogP contribution in [-0.4, -0.2) is 61.7 Å². The van der Waals surface area contributed by atoms with Crippen LogP contribution in [0.4, 0.5) is 0 Å². The first-order valence-electron chi connectivity index (χ1n) is 9.51. The van der Waals surface area contributed by atoms with Crippen LogP contribution in [0.1, 0.15) is 37.7 Å². The predicted octanol–water partition coefficient (Wildman–Crippen LogP) is 2.77. The molecule has 0 amide bonds. The van der Waals surface area contributed by atoms with Gasteiger partial charge in [-0.3, -0.25) is 0 Å². The van der Waals surface area contributed by atoms with Crippen LogP contribution in [0.25, 0.3) is 0 Å². The molecule has 0 spiro atoms. The Kier molecular flexibility index (Phi) is 6.49. The normalized spacial score (nSPS) is 24.3. The van der Waals surface area contributed by atoms with E-state index in [0.717, 1.165) is 12.1 Å². The third-order valence-corrected chi connectivity index (χ3v) is 5.73. The SMILES string of the molecule is CN1CCC[C@@H]1CCNC1CCN(CCc2ccccc2)CC1. The molecular formula is C20H33N3. The zero-order valence-electron chi connectivity index (χ0n) is 14.7. The van der Waals surface area contributed by atoms with Gasteiger partial charge in [0.05, 0.1) is 0 Å². The predicted molar refractivity (Wildman–Crippen MR) is 97.9 cm³/mol. The zero-order valence-corrected chi connectivity index (χ0v) is 14.7. The first-order valence-corrected chi connectivity index (χ1v) is 9.51. The Labute approximate surface area is 142 Å². The van der Waals surface area contributed by atoms with Gasteiger partial charge < -0.3 is 15.1 Å². The van der Waals surface area contributed by atoms with E-state index in [2.05, 4.69) is 52.5 Å². The second-order valence-corrected chi connectivity index (χ2v) is 7.37. The molecule has 2 aliphatic heterocycles. The van der Waals surface area contributed by atoms with Crippen molar-refractivity contribution < 1.29 is 0 Å². The lowest BCUT2D eigenvalue weighted by atomic mass is 10.0. The van der Waals surface area contributed by atoms with Crippen molar-refractivity contribution in [3.05, 3.63) is 35.9 Å². The first kappa shape index (κ1) is 16.9. The Morgan fingerprint density at radius 1 is 1.04 bits per heavy atom. The minimum absolute atomic E-state index is 0.745. The minimum Gasteiger partial charge on any atom is -0.314 e. The number of benzene rings is 1. The number of likely N-dealkylation sites (tertiary alicyclic amines) is 2. The van der Waals surface area contributed by atoms with Gasteiger partial charge in [0.1, 0.15) is 0 Å². The van der Waals surface area contributed by atoms with Gasteiger partial charge in [-0.2, -0.15) is 0 Å². The van der Waals surface area contributed by atoms with Crippen molar-refractivity contribution in [3.63, 3.8) is 0 Å². The van der Waals surface area contributed by atoms with Crippen molar-refractivity contribution >= 4 is 0 Å². The maximum atomic E-state index is 3.81. The summed E-state index contributed by atoms with van der Waals surface area (Å²) in [5, 5.41) is 3.81. The molecule has 0 saturated carbocycles. The van der Waals surface area contributed by atoms with E-state index < -0.39 is 0 Å². The highest BCUT2D eigenvalue weighted by molar-refractivity contribution is 5.14. The van der Waals surface area contributed by atoms with Gasteiger partial charge >= 0.3 is 0 Å². The molecule has 3 heteroatoms. The summed E-state index contributed by atoms with van der Waals surface area (Å²) in [5.74, 6) is 0. The maximum Gasteiger partial charge on any atom is 0.0105 e. The van der Waals surface area contributed by atoms with Crippen molar-refractivity contribution in [2.24, 2.45) is 0 Å². The molecule has 0 aromatic heterocycles. The smallest absolute Gasteiger partial charge is 0.0105 e. The van der Waals surface area contributed by atoms with E-state index in [9.17, 15) is 0 Å². The minimum atomic E-state index is 0.745. The lowest BCUT2D eigenvalue weighted by molar-refractivity contribution is 0.196. The second-order valence-electron chi connectivity index (χ2n) is 7.37. The highest BCUT2D eigenvalue weighted by atomic mass is 15.2. The Morgan fingerprint density at radius 3 is 2.52 bits per heavy atom. The standard InChI is InChI=1S/C20H33N3/c1-22-14-5-8-20(22)9-13-21-19-11-16-23(17-12-19)15-10-18-6-3-2-4-7-18/h2-4,6-7,19-21H,5,8-17H2,1H3/t20-/m1/s1. The Bertz CT molecular complexity index is 439. The third-order valence-electron chi connectivity index (χ3n) is 5.73. The number of nitrogens with one attached hydrogen (secondary N) is 1. The van der Waals surface area contributed by atoms with Gasteiger partial charge in [0.2, 0.25) is 0 Å². The molecule has 3 rings (SSSR count). The molecule has 2 saturated heterocycles. The largest absolute Gasteiger partial charge is 0.314 e. The Morgan fingerprint density at radius 2 is 1.83 bits per heavy atom. The van der Waals surface area contributed by atoms with Gasteiger partial charge in [0.25, 0.3) is 0 Å². The topological polar surface area (TPSA) is 18.5 Å². The highest BCUT2D eigenvalue weighted by Crippen LogP contribution is 2.18. The summed E-state index contributed by atoms with van der Waals surface area (Å²) >= 11 is 0. The van der Waals surface area contributed by atoms with Crippen LogP contribution in [0.15, 0.2) is 30.3 Å². The molecular weight excluding hydrogens is 282 g/mol. The number of hydrogen-bond acceptors (Lipinski definition) is 3. The fraction of sp³-hybridized carbons (Fsp3) is 0.700. The number of nitrogens with zero attached hydrogens (tertiary/aromatic N) is 2. The fourth-order valence-corrected chi connectivity index (χ4v) is 4.09. The van der Waals surface area contributed by atoms with Gasteiger partial charge in [-0.1, -0.05) is 30.3 Å². The molecule has 1 aromatic carbocycles. The molecule has 2 aliphatic rings. The monoisotopic (exact) mass is 315 g/mol. The molecule has 128 valence electrons. The van der Waals surface area contributed by atoms with Gasteiger partial charge in [0.15, 0.2) is 0 Å². The molecule has 0 bridgehead atoms. The summed E-state index contributed by atoms with van der Waals surface area (Å²) in [5.41, 5.74) is 1.47. The van der Waals surface area contributed by atoms with Gasteiger partial charge in [-0.25, -0.2) is 0 Å². The molecule has 23 heavy (non-hydrogen) atoms. The Balaban J connectivity index is 1.28. The van der Waals surface area contributed by atoms with Crippen LogP contribution < -0.4 is 5.32 Å². The van der Waals surface area contributed by atoms with Crippen LogP contribution >= 0.6 is 0 Å². The summed E-state index contributed by atoms with van der Waals surface area (Å²) in [6, 6.07) is 12.5. The van der Waals surface area contributed by atoms with Crippen molar-refractivity contribution in [1.29, 1.82) is 0 Å². The average Bonchev–Trinajstić information content (AvgIpc) is 3.00. The third kappa shape index (κ3) is 5.30. The summed E-state index contributed by atoms with van der Waals surface area (Å²) in [6.07, 6.45) is 7.93. The maximum absolute atomic E-state index is 3.81. The quantitative estimate of drug-likeness (QED) is 0.835. The van der Waals surface area contributed by atoms with Crippen LogP contribution in [0.2, 0.25) is 0 Å². The molecule has 0 unspecified atom stereocenters. The molecule has 1 atom stereocenters. The van der Waals surface area contributed by atoms with E-state index >= 15 is 0 Å². The molecule has 0 aliphatic carbocycles. The first-order chi connectivity index (χ1) is 11.3. The van der Waals surface area contributed by atoms with E-state index in [4.69, 9.17) is 0 Å². The van der Waals surface area contributed by atoms with Gasteiger partial charge in [-0.05, 0) is 77.3 Å². The molecule has 3 nitrogen and oxygen atoms in total. The summed E-state index contributed by atoms with van der Waals surface area (Å²) in [7, 11) is 2.28. The number of rotatable bonds is 7. The van der Waals surface area contributed by atoms with Crippen molar-refractivity contribution in [2.45, 2.75) is 50.6 Å². The lowest BCUT2D eigenvalue weighted by Crippen LogP contribution is -2.44. The van der Waals surface area contributed by atoms with Crippen LogP contribution in [0.5, 0.6) is 0 Å². The molecule has 2 heterocycles. The van der Waals surface area contributed by atoms with E-state index in [1.54, 1.807) is 0 Å². The summed E-state index contributed by atoms with van der Waals surface area (Å²) in [6.45, 7) is 6.22. The Hall–Kier alpha value is -0.900. The van der Waals surface area contributed by atoms with E-state index in [0.29, 0.717) is 0 Å². The van der Waals surface area contributed by atoms with E-state index in [1.165, 1.54) is 76.8 Å². The van der Waals surface area contributed by atoms with Crippen molar-refractivity contribution in [3.8, 4) is 0 Å². The summed E-state index contributed by atoms with van der Waals surface area (Å²) in [4.78, 5) is 5.17. The average molecular weight is 316 g/mol. The van der Waals surface area contributed by atoms with Crippen LogP contribution in [0, 0.1) is 0 Å². The molecule has 1 aromatic rings. The van der Waals surface area contributed by atoms with Crippen LogP contribution in [-0.2, 0) is 6.42 Å². The zero-order chi connectivity index (χ0) is 15.9. The van der Waals surface area contributed by atoms with Crippen molar-refractivity contribution in [1.82, 2.24) is 15.1 Å². The van der Waals surface area contributed by atoms with E-state index in [-0.39, 0.29) is 0 Å². The fourth-order valence-electron chi connectivity index (χ4n) is 4.09. The highest BCUT2D eigenvalue weighted by Gasteiger charge is 2.22. The van der Waals surface area contributed by atoms with Gasteiger partial charge in [0, 0.05) is 18.6 Å². The number of piperidine rings is 1. The van der Waals surface area contributed by atoms with Crippen LogP contribution in [0.3, 0.4) is 0 Å². The second kappa shape index (κ2) is 8.81. The number of hydrogen-bond donors (Lipinski definition) is 1. The molecule has 1 N–H and O–H groups in total. The summed E-state index contributed by atoms with van der Waals surface area (Å²) < 4.78 is 0. The van der Waals surface area contributed by atoms with Crippen molar-refractivity contribution in [2.75, 3.05) is 39.8 Å². The van der Waals surface area contributed by atoms with E-state index in [1.807, 2.05) is 0 Å². The molecule has 0 radical (unpaired) electrons.